The second-order valence-corrected chi connectivity index (χ2v) is 8.17. The SMILES string of the molecule is O=C(CCc1ccc(F)cc1)NC(CC(=O)NC1(C(F)(F)F)CC1)C(=O)OCc1ccccc1. The van der Waals surface area contributed by atoms with Crippen LogP contribution in [0.4, 0.5) is 17.6 Å². The second kappa shape index (κ2) is 10.7. The third kappa shape index (κ3) is 7.03. The summed E-state index contributed by atoms with van der Waals surface area (Å²) in [5.41, 5.74) is -0.941. The van der Waals surface area contributed by atoms with Crippen molar-refractivity contribution in [2.24, 2.45) is 0 Å². The predicted molar refractivity (Wildman–Crippen MR) is 114 cm³/mol. The Labute approximate surface area is 193 Å². The van der Waals surface area contributed by atoms with Crippen LogP contribution in [0.3, 0.4) is 0 Å². The molecule has 1 aliphatic carbocycles. The van der Waals surface area contributed by atoms with Crippen LogP contribution in [0.25, 0.3) is 0 Å². The smallest absolute Gasteiger partial charge is 0.411 e. The molecule has 1 atom stereocenters. The monoisotopic (exact) mass is 480 g/mol. The van der Waals surface area contributed by atoms with Crippen molar-refractivity contribution in [1.29, 1.82) is 0 Å². The van der Waals surface area contributed by atoms with Crippen LogP contribution in [0.15, 0.2) is 54.6 Å². The van der Waals surface area contributed by atoms with E-state index >= 15 is 0 Å². The van der Waals surface area contributed by atoms with Crippen LogP contribution in [-0.4, -0.2) is 35.5 Å². The molecule has 2 aromatic rings. The van der Waals surface area contributed by atoms with Crippen LogP contribution < -0.4 is 10.6 Å². The first-order valence-corrected chi connectivity index (χ1v) is 10.7. The molecule has 1 saturated carbocycles. The fourth-order valence-corrected chi connectivity index (χ4v) is 3.31. The van der Waals surface area contributed by atoms with Crippen LogP contribution >= 0.6 is 0 Å². The molecule has 1 fully saturated rings. The van der Waals surface area contributed by atoms with Gasteiger partial charge in [-0.25, -0.2) is 9.18 Å². The number of alkyl halides is 3. The summed E-state index contributed by atoms with van der Waals surface area (Å²) in [5, 5.41) is 4.33. The van der Waals surface area contributed by atoms with Crippen LogP contribution in [0.2, 0.25) is 0 Å². The summed E-state index contributed by atoms with van der Waals surface area (Å²) in [5.74, 6) is -2.98. The number of aryl methyl sites for hydroxylation is 1. The number of carbonyl (C=O) groups excluding carboxylic acids is 3. The van der Waals surface area contributed by atoms with Crippen molar-refractivity contribution >= 4 is 17.8 Å². The highest BCUT2D eigenvalue weighted by Crippen LogP contribution is 2.48. The summed E-state index contributed by atoms with van der Waals surface area (Å²) < 4.78 is 57.7. The topological polar surface area (TPSA) is 84.5 Å². The minimum absolute atomic E-state index is 0.0811. The van der Waals surface area contributed by atoms with E-state index in [4.69, 9.17) is 4.74 Å². The van der Waals surface area contributed by atoms with E-state index < -0.39 is 47.8 Å². The van der Waals surface area contributed by atoms with E-state index in [1.807, 2.05) is 5.32 Å². The van der Waals surface area contributed by atoms with Gasteiger partial charge in [0, 0.05) is 6.42 Å². The summed E-state index contributed by atoms with van der Waals surface area (Å²) in [6.45, 7) is -0.129. The molecule has 34 heavy (non-hydrogen) atoms. The second-order valence-electron chi connectivity index (χ2n) is 8.17. The molecule has 2 N–H and O–H groups in total. The van der Waals surface area contributed by atoms with E-state index in [-0.39, 0.29) is 32.3 Å². The van der Waals surface area contributed by atoms with Gasteiger partial charge in [-0.1, -0.05) is 42.5 Å². The Morgan fingerprint density at radius 2 is 1.59 bits per heavy atom. The van der Waals surface area contributed by atoms with E-state index in [0.717, 1.165) is 0 Å². The van der Waals surface area contributed by atoms with E-state index in [1.165, 1.54) is 24.3 Å². The lowest BCUT2D eigenvalue weighted by atomic mass is 10.1. The van der Waals surface area contributed by atoms with Gasteiger partial charge in [0.25, 0.3) is 0 Å². The van der Waals surface area contributed by atoms with Gasteiger partial charge in [0.05, 0.1) is 6.42 Å². The van der Waals surface area contributed by atoms with Crippen molar-refractivity contribution in [2.75, 3.05) is 0 Å². The summed E-state index contributed by atoms with van der Waals surface area (Å²) in [6, 6.07) is 12.7. The van der Waals surface area contributed by atoms with Gasteiger partial charge in [-0.3, -0.25) is 9.59 Å². The van der Waals surface area contributed by atoms with Crippen LogP contribution in [0.5, 0.6) is 0 Å². The molecule has 0 bridgehead atoms. The van der Waals surface area contributed by atoms with Gasteiger partial charge in [-0.2, -0.15) is 13.2 Å². The lowest BCUT2D eigenvalue weighted by Crippen LogP contribution is -2.51. The molecule has 6 nitrogen and oxygen atoms in total. The number of benzene rings is 2. The molecule has 1 unspecified atom stereocenters. The summed E-state index contributed by atoms with van der Waals surface area (Å²) in [7, 11) is 0. The number of esters is 1. The number of rotatable bonds is 10. The highest BCUT2D eigenvalue weighted by Gasteiger charge is 2.64. The first kappa shape index (κ1) is 25.2. The highest BCUT2D eigenvalue weighted by atomic mass is 19.4. The Kier molecular flexibility index (Phi) is 7.90. The van der Waals surface area contributed by atoms with Crippen molar-refractivity contribution < 1.29 is 36.7 Å². The molecule has 2 aromatic carbocycles. The molecule has 0 aliphatic heterocycles. The Hall–Kier alpha value is -3.43. The molecule has 1 aliphatic rings. The zero-order valence-electron chi connectivity index (χ0n) is 18.2. The van der Waals surface area contributed by atoms with E-state index in [1.54, 1.807) is 30.3 Å². The first-order chi connectivity index (χ1) is 16.1. The number of nitrogens with one attached hydrogen (secondary N) is 2. The number of halogens is 4. The number of hydrogen-bond acceptors (Lipinski definition) is 4. The molecule has 2 amide bonds. The van der Waals surface area contributed by atoms with Crippen LogP contribution in [-0.2, 0) is 32.1 Å². The van der Waals surface area contributed by atoms with Crippen molar-refractivity contribution in [3.63, 3.8) is 0 Å². The number of hydrogen-bond donors (Lipinski definition) is 2. The predicted octanol–water partition coefficient (Wildman–Crippen LogP) is 3.59. The highest BCUT2D eigenvalue weighted by molar-refractivity contribution is 5.89. The first-order valence-electron chi connectivity index (χ1n) is 10.7. The minimum Gasteiger partial charge on any atom is -0.459 e. The molecule has 0 aromatic heterocycles. The third-order valence-corrected chi connectivity index (χ3v) is 5.46. The lowest BCUT2D eigenvalue weighted by Gasteiger charge is -2.23. The van der Waals surface area contributed by atoms with Crippen LogP contribution in [0.1, 0.15) is 36.8 Å². The van der Waals surface area contributed by atoms with Crippen molar-refractivity contribution in [1.82, 2.24) is 10.6 Å². The van der Waals surface area contributed by atoms with E-state index in [0.29, 0.717) is 11.1 Å². The zero-order valence-corrected chi connectivity index (χ0v) is 18.2. The average molecular weight is 480 g/mol. The lowest BCUT2D eigenvalue weighted by molar-refractivity contribution is -0.170. The summed E-state index contributed by atoms with van der Waals surface area (Å²) >= 11 is 0. The van der Waals surface area contributed by atoms with Gasteiger partial charge in [0.15, 0.2) is 0 Å². The minimum atomic E-state index is -4.61. The third-order valence-electron chi connectivity index (χ3n) is 5.46. The molecule has 0 saturated heterocycles. The van der Waals surface area contributed by atoms with Crippen molar-refractivity contribution in [3.8, 4) is 0 Å². The van der Waals surface area contributed by atoms with Crippen molar-refractivity contribution in [2.45, 2.75) is 56.5 Å². The van der Waals surface area contributed by atoms with Gasteiger partial charge in [0.1, 0.15) is 24.0 Å². The molecule has 3 rings (SSSR count). The maximum absolute atomic E-state index is 13.2. The molecular formula is C24H24F4N2O4. The largest absolute Gasteiger partial charge is 0.459 e. The Morgan fingerprint density at radius 1 is 0.941 bits per heavy atom. The summed E-state index contributed by atoms with van der Waals surface area (Å²) in [4.78, 5) is 37.3. The standard InChI is InChI=1S/C24H24F4N2O4/c25-18-9-6-16(7-10-18)8-11-20(31)29-19(22(33)34-15-17-4-2-1-3-5-17)14-21(32)30-23(12-13-23)24(26,27)28/h1-7,9-10,19H,8,11-15H2,(H,29,31)(H,30,32). The Bertz CT molecular complexity index is 1010. The average Bonchev–Trinajstić information content (AvgIpc) is 3.58. The van der Waals surface area contributed by atoms with Crippen LogP contribution in [0, 0.1) is 5.82 Å². The molecule has 182 valence electrons. The molecule has 0 heterocycles. The van der Waals surface area contributed by atoms with Gasteiger partial charge in [-0.15, -0.1) is 0 Å². The Morgan fingerprint density at radius 3 is 2.18 bits per heavy atom. The molecule has 0 spiro atoms. The molecular weight excluding hydrogens is 456 g/mol. The van der Waals surface area contributed by atoms with Gasteiger partial charge < -0.3 is 15.4 Å². The Balaban J connectivity index is 1.61. The molecule has 0 radical (unpaired) electrons. The maximum Gasteiger partial charge on any atom is 0.411 e. The van der Waals surface area contributed by atoms with Gasteiger partial charge >= 0.3 is 12.1 Å². The number of amides is 2. The fourth-order valence-electron chi connectivity index (χ4n) is 3.31. The van der Waals surface area contributed by atoms with E-state index in [2.05, 4.69) is 5.32 Å². The normalized spacial score (nSPS) is 15.2. The quantitative estimate of drug-likeness (QED) is 0.402. The summed E-state index contributed by atoms with van der Waals surface area (Å²) in [6.07, 6.45) is -5.63. The van der Waals surface area contributed by atoms with Crippen molar-refractivity contribution in [3.05, 3.63) is 71.5 Å². The van der Waals surface area contributed by atoms with E-state index in [9.17, 15) is 31.9 Å². The van der Waals surface area contributed by atoms with Gasteiger partial charge in [-0.05, 0) is 42.5 Å². The fraction of sp³-hybridized carbons (Fsp3) is 0.375. The molecule has 10 heteroatoms. The van der Waals surface area contributed by atoms with Gasteiger partial charge in [0.2, 0.25) is 11.8 Å². The maximum atomic E-state index is 13.2. The zero-order chi connectivity index (χ0) is 24.8. The number of carbonyl (C=O) groups is 3. The number of ether oxygens (including phenoxy) is 1.